The number of nitrogens with zero attached hydrogens (tertiary/aromatic N) is 1. The lowest BCUT2D eigenvalue weighted by atomic mass is 10.0. The number of aryl methyl sites for hydroxylation is 1. The average molecular weight is 228 g/mol. The molecule has 0 aliphatic rings. The highest BCUT2D eigenvalue weighted by molar-refractivity contribution is 5.92. The van der Waals surface area contributed by atoms with Gasteiger partial charge in [-0.05, 0) is 26.2 Å². The first-order valence-corrected chi connectivity index (χ1v) is 5.19. The second kappa shape index (κ2) is 4.61. The van der Waals surface area contributed by atoms with Crippen LogP contribution in [0.2, 0.25) is 0 Å². The van der Waals surface area contributed by atoms with Crippen LogP contribution in [0.4, 0.5) is 4.39 Å². The van der Waals surface area contributed by atoms with Gasteiger partial charge in [0.05, 0.1) is 0 Å². The van der Waals surface area contributed by atoms with Crippen LogP contribution < -0.4 is 11.5 Å². The summed E-state index contributed by atoms with van der Waals surface area (Å²) in [5, 5.41) is 6.55. The van der Waals surface area contributed by atoms with Crippen LogP contribution in [0.1, 0.15) is 42.0 Å². The van der Waals surface area contributed by atoms with E-state index >= 15 is 0 Å². The minimum atomic E-state index is -1.75. The van der Waals surface area contributed by atoms with Gasteiger partial charge in [-0.15, -0.1) is 0 Å². The van der Waals surface area contributed by atoms with Crippen molar-refractivity contribution in [3.8, 4) is 0 Å². The number of hydrogen-bond donors (Lipinski definition) is 3. The molecule has 0 saturated heterocycles. The summed E-state index contributed by atoms with van der Waals surface area (Å²) in [6.07, 6.45) is 1.16. The number of halogens is 1. The van der Waals surface area contributed by atoms with E-state index in [9.17, 15) is 9.18 Å². The molecule has 5 nitrogen and oxygen atoms in total. The summed E-state index contributed by atoms with van der Waals surface area (Å²) < 4.78 is 13.2. The van der Waals surface area contributed by atoms with Crippen molar-refractivity contribution in [2.24, 2.45) is 11.5 Å². The van der Waals surface area contributed by atoms with Gasteiger partial charge in [-0.2, -0.15) is 5.10 Å². The van der Waals surface area contributed by atoms with Gasteiger partial charge in [-0.25, -0.2) is 4.39 Å². The predicted octanol–water partition coefficient (Wildman–Crippen LogP) is 0.648. The van der Waals surface area contributed by atoms with Gasteiger partial charge in [0, 0.05) is 11.3 Å². The quantitative estimate of drug-likeness (QED) is 0.645. The highest BCUT2D eigenvalue weighted by Gasteiger charge is 2.21. The number of carbonyl (C=O) groups is 1. The normalized spacial score (nSPS) is 14.8. The molecule has 0 spiro atoms. The van der Waals surface area contributed by atoms with Crippen molar-refractivity contribution in [1.82, 2.24) is 10.2 Å². The number of H-pyrrole nitrogens is 1. The number of primary amides is 1. The summed E-state index contributed by atoms with van der Waals surface area (Å²) >= 11 is 0. The summed E-state index contributed by atoms with van der Waals surface area (Å²) in [6.45, 7) is 3.21. The number of aromatic amines is 1. The van der Waals surface area contributed by atoms with Crippen molar-refractivity contribution in [3.63, 3.8) is 0 Å². The smallest absolute Gasteiger partial charge is 0.269 e. The van der Waals surface area contributed by atoms with Crippen molar-refractivity contribution in [1.29, 1.82) is 0 Å². The molecule has 0 aromatic carbocycles. The third-order valence-electron chi connectivity index (χ3n) is 2.40. The van der Waals surface area contributed by atoms with Gasteiger partial charge in [0.1, 0.15) is 0 Å². The molecule has 0 saturated carbocycles. The molecule has 1 amide bonds. The summed E-state index contributed by atoms with van der Waals surface area (Å²) in [7, 11) is 0. The van der Waals surface area contributed by atoms with Crippen LogP contribution in [-0.4, -0.2) is 21.9 Å². The zero-order chi connectivity index (χ0) is 12.3. The number of alkyl halides is 1. The molecular formula is C10H17FN4O. The molecule has 0 bridgehead atoms. The third kappa shape index (κ3) is 3.03. The molecule has 0 aliphatic heterocycles. The van der Waals surface area contributed by atoms with Crippen LogP contribution >= 0.6 is 0 Å². The lowest BCUT2D eigenvalue weighted by molar-refractivity contribution is 0.0993. The van der Waals surface area contributed by atoms with E-state index in [2.05, 4.69) is 10.2 Å². The SMILES string of the molecule is CCc1[nH]nc(C(N)=O)c1CCC(C)(N)F. The fourth-order valence-corrected chi connectivity index (χ4v) is 1.54. The van der Waals surface area contributed by atoms with Crippen LogP contribution in [0.25, 0.3) is 0 Å². The zero-order valence-electron chi connectivity index (χ0n) is 9.51. The van der Waals surface area contributed by atoms with E-state index in [1.54, 1.807) is 0 Å². The fraction of sp³-hybridized carbons (Fsp3) is 0.600. The Morgan fingerprint density at radius 3 is 2.69 bits per heavy atom. The standard InChI is InChI=1S/C10H17FN4O/c1-3-7-6(4-5-10(2,11)13)8(9(12)16)15-14-7/h3-5,13H2,1-2H3,(H2,12,16)(H,14,15). The molecule has 1 rings (SSSR count). The van der Waals surface area contributed by atoms with E-state index in [1.807, 2.05) is 6.92 Å². The highest BCUT2D eigenvalue weighted by Crippen LogP contribution is 2.18. The number of carbonyl (C=O) groups excluding carboxylic acids is 1. The first kappa shape index (κ1) is 12.6. The molecule has 1 heterocycles. The van der Waals surface area contributed by atoms with Crippen molar-refractivity contribution in [3.05, 3.63) is 17.0 Å². The molecule has 1 unspecified atom stereocenters. The van der Waals surface area contributed by atoms with Gasteiger partial charge < -0.3 is 5.73 Å². The van der Waals surface area contributed by atoms with Gasteiger partial charge in [0.25, 0.3) is 5.91 Å². The number of rotatable bonds is 5. The maximum atomic E-state index is 13.2. The van der Waals surface area contributed by atoms with E-state index in [-0.39, 0.29) is 12.1 Å². The zero-order valence-corrected chi connectivity index (χ0v) is 9.51. The monoisotopic (exact) mass is 228 g/mol. The van der Waals surface area contributed by atoms with Crippen LogP contribution in [0.15, 0.2) is 0 Å². The third-order valence-corrected chi connectivity index (χ3v) is 2.40. The van der Waals surface area contributed by atoms with Crippen molar-refractivity contribution >= 4 is 5.91 Å². The minimum absolute atomic E-state index is 0.125. The molecule has 0 radical (unpaired) electrons. The second-order valence-corrected chi connectivity index (χ2v) is 4.03. The lowest BCUT2D eigenvalue weighted by Crippen LogP contribution is -2.30. The first-order valence-electron chi connectivity index (χ1n) is 5.19. The lowest BCUT2D eigenvalue weighted by Gasteiger charge is -2.13. The van der Waals surface area contributed by atoms with Gasteiger partial charge in [0.2, 0.25) is 0 Å². The van der Waals surface area contributed by atoms with Gasteiger partial charge in [-0.3, -0.25) is 15.6 Å². The molecule has 1 atom stereocenters. The molecule has 5 N–H and O–H groups in total. The fourth-order valence-electron chi connectivity index (χ4n) is 1.54. The summed E-state index contributed by atoms with van der Waals surface area (Å²) in [5.41, 5.74) is 12.1. The maximum absolute atomic E-state index is 13.2. The molecule has 16 heavy (non-hydrogen) atoms. The predicted molar refractivity (Wildman–Crippen MR) is 58.5 cm³/mol. The Morgan fingerprint density at radius 1 is 1.62 bits per heavy atom. The molecular weight excluding hydrogens is 211 g/mol. The topological polar surface area (TPSA) is 97.8 Å². The molecule has 1 aromatic heterocycles. The summed E-state index contributed by atoms with van der Waals surface area (Å²) in [5.74, 6) is -2.36. The summed E-state index contributed by atoms with van der Waals surface area (Å²) in [4.78, 5) is 11.1. The number of aromatic nitrogens is 2. The number of nitrogens with one attached hydrogen (secondary N) is 1. The maximum Gasteiger partial charge on any atom is 0.269 e. The molecule has 0 fully saturated rings. The van der Waals surface area contributed by atoms with E-state index < -0.39 is 11.7 Å². The largest absolute Gasteiger partial charge is 0.364 e. The van der Waals surface area contributed by atoms with Crippen LogP contribution in [0.3, 0.4) is 0 Å². The Morgan fingerprint density at radius 2 is 2.25 bits per heavy atom. The minimum Gasteiger partial charge on any atom is -0.364 e. The highest BCUT2D eigenvalue weighted by atomic mass is 19.1. The van der Waals surface area contributed by atoms with Crippen LogP contribution in [0, 0.1) is 0 Å². The number of hydrogen-bond acceptors (Lipinski definition) is 3. The van der Waals surface area contributed by atoms with Crippen molar-refractivity contribution in [2.45, 2.75) is 38.9 Å². The van der Waals surface area contributed by atoms with Gasteiger partial charge in [0.15, 0.2) is 11.5 Å². The van der Waals surface area contributed by atoms with Crippen molar-refractivity contribution < 1.29 is 9.18 Å². The number of nitrogens with two attached hydrogens (primary N) is 2. The molecule has 0 aliphatic carbocycles. The molecule has 90 valence electrons. The van der Waals surface area contributed by atoms with E-state index in [4.69, 9.17) is 11.5 Å². The Kier molecular flexibility index (Phi) is 3.64. The van der Waals surface area contributed by atoms with E-state index in [0.29, 0.717) is 18.4 Å². The Hall–Kier alpha value is -1.43. The Labute approximate surface area is 93.4 Å². The van der Waals surface area contributed by atoms with Crippen molar-refractivity contribution in [2.75, 3.05) is 0 Å². The number of amides is 1. The molecule has 6 heteroatoms. The van der Waals surface area contributed by atoms with E-state index in [0.717, 1.165) is 5.69 Å². The van der Waals surface area contributed by atoms with Gasteiger partial charge in [-0.1, -0.05) is 6.92 Å². The second-order valence-electron chi connectivity index (χ2n) is 4.03. The van der Waals surface area contributed by atoms with E-state index in [1.165, 1.54) is 6.92 Å². The average Bonchev–Trinajstić information content (AvgIpc) is 2.56. The molecule has 1 aromatic rings. The summed E-state index contributed by atoms with van der Waals surface area (Å²) in [6, 6.07) is 0. The Bertz CT molecular complexity index is 381. The van der Waals surface area contributed by atoms with Crippen LogP contribution in [-0.2, 0) is 12.8 Å². The van der Waals surface area contributed by atoms with Crippen LogP contribution in [0.5, 0.6) is 0 Å². The Balaban J connectivity index is 2.91. The first-order chi connectivity index (χ1) is 7.35. The van der Waals surface area contributed by atoms with Gasteiger partial charge >= 0.3 is 0 Å².